The van der Waals surface area contributed by atoms with Crippen LogP contribution in [0.3, 0.4) is 0 Å². The second kappa shape index (κ2) is 8.65. The van der Waals surface area contributed by atoms with E-state index in [1.54, 1.807) is 0 Å². The molecule has 1 aliphatic rings. The van der Waals surface area contributed by atoms with Crippen molar-refractivity contribution in [2.75, 3.05) is 26.4 Å². The van der Waals surface area contributed by atoms with Gasteiger partial charge in [0.15, 0.2) is 0 Å². The Hall–Kier alpha value is -0.580. The van der Waals surface area contributed by atoms with Gasteiger partial charge in [0.05, 0.1) is 11.1 Å². The summed E-state index contributed by atoms with van der Waals surface area (Å²) in [6.45, 7) is 6.59. The van der Waals surface area contributed by atoms with E-state index in [-0.39, 0.29) is 0 Å². The van der Waals surface area contributed by atoms with Gasteiger partial charge in [-0.3, -0.25) is 0 Å². The van der Waals surface area contributed by atoms with E-state index < -0.39 is 0 Å². The SMILES string of the molecule is CCCNCc1cccc(Br)c1OCC1CCOCC1. The van der Waals surface area contributed by atoms with Crippen LogP contribution in [0.5, 0.6) is 5.75 Å². The highest BCUT2D eigenvalue weighted by Crippen LogP contribution is 2.30. The Labute approximate surface area is 130 Å². The molecular weight excluding hydrogens is 318 g/mol. The topological polar surface area (TPSA) is 30.5 Å². The summed E-state index contributed by atoms with van der Waals surface area (Å²) < 4.78 is 12.5. The highest BCUT2D eigenvalue weighted by molar-refractivity contribution is 9.10. The molecule has 2 rings (SSSR count). The van der Waals surface area contributed by atoms with Gasteiger partial charge in [0.25, 0.3) is 0 Å². The molecule has 0 spiro atoms. The quantitative estimate of drug-likeness (QED) is 0.766. The molecule has 0 aromatic heterocycles. The van der Waals surface area contributed by atoms with Gasteiger partial charge in [-0.15, -0.1) is 0 Å². The lowest BCUT2D eigenvalue weighted by atomic mass is 10.0. The van der Waals surface area contributed by atoms with Crippen molar-refractivity contribution in [2.45, 2.75) is 32.7 Å². The Kier molecular flexibility index (Phi) is 6.83. The van der Waals surface area contributed by atoms with Crippen molar-refractivity contribution in [2.24, 2.45) is 5.92 Å². The zero-order valence-corrected chi connectivity index (χ0v) is 13.7. The van der Waals surface area contributed by atoms with Gasteiger partial charge in [-0.05, 0) is 53.7 Å². The standard InChI is InChI=1S/C16H24BrNO2/c1-2-8-18-11-14-4-3-5-15(17)16(14)20-12-13-6-9-19-10-7-13/h3-5,13,18H,2,6-12H2,1H3. The highest BCUT2D eigenvalue weighted by Gasteiger charge is 2.16. The molecular formula is C16H24BrNO2. The zero-order chi connectivity index (χ0) is 14.2. The van der Waals surface area contributed by atoms with Gasteiger partial charge in [-0.25, -0.2) is 0 Å². The molecule has 3 nitrogen and oxygen atoms in total. The summed E-state index contributed by atoms with van der Waals surface area (Å²) in [4.78, 5) is 0. The average molecular weight is 342 g/mol. The maximum absolute atomic E-state index is 6.10. The Balaban J connectivity index is 1.93. The molecule has 0 atom stereocenters. The molecule has 1 aromatic carbocycles. The second-order valence-electron chi connectivity index (χ2n) is 5.27. The number of para-hydroxylation sites is 1. The summed E-state index contributed by atoms with van der Waals surface area (Å²) in [7, 11) is 0. The Morgan fingerprint density at radius 1 is 1.35 bits per heavy atom. The fourth-order valence-corrected chi connectivity index (χ4v) is 2.89. The fraction of sp³-hybridized carbons (Fsp3) is 0.625. The van der Waals surface area contributed by atoms with Gasteiger partial charge in [-0.1, -0.05) is 19.1 Å². The minimum atomic E-state index is 0.618. The van der Waals surface area contributed by atoms with Crippen LogP contribution in [0.1, 0.15) is 31.7 Å². The van der Waals surface area contributed by atoms with Crippen LogP contribution in [0, 0.1) is 5.92 Å². The molecule has 0 aliphatic carbocycles. The highest BCUT2D eigenvalue weighted by atomic mass is 79.9. The monoisotopic (exact) mass is 341 g/mol. The van der Waals surface area contributed by atoms with Crippen LogP contribution in [0.25, 0.3) is 0 Å². The summed E-state index contributed by atoms with van der Waals surface area (Å²) in [6, 6.07) is 6.24. The van der Waals surface area contributed by atoms with Crippen LogP contribution in [0.4, 0.5) is 0 Å². The van der Waals surface area contributed by atoms with Crippen LogP contribution < -0.4 is 10.1 Å². The molecule has 0 radical (unpaired) electrons. The summed E-state index contributed by atoms with van der Waals surface area (Å²) >= 11 is 3.60. The molecule has 0 amide bonds. The molecule has 1 aliphatic heterocycles. The third kappa shape index (κ3) is 4.76. The number of rotatable bonds is 7. The van der Waals surface area contributed by atoms with Crippen molar-refractivity contribution in [3.63, 3.8) is 0 Å². The number of hydrogen-bond acceptors (Lipinski definition) is 3. The van der Waals surface area contributed by atoms with Crippen molar-refractivity contribution in [3.05, 3.63) is 28.2 Å². The van der Waals surface area contributed by atoms with Gasteiger partial charge in [-0.2, -0.15) is 0 Å². The third-order valence-corrected chi connectivity index (χ3v) is 4.22. The van der Waals surface area contributed by atoms with E-state index in [0.29, 0.717) is 5.92 Å². The van der Waals surface area contributed by atoms with Crippen molar-refractivity contribution in [1.82, 2.24) is 5.32 Å². The first-order chi connectivity index (χ1) is 9.81. The van der Waals surface area contributed by atoms with E-state index in [1.807, 2.05) is 6.07 Å². The van der Waals surface area contributed by atoms with Crippen LogP contribution in [0.2, 0.25) is 0 Å². The Morgan fingerprint density at radius 2 is 2.15 bits per heavy atom. The third-order valence-electron chi connectivity index (χ3n) is 3.60. The molecule has 1 heterocycles. The van der Waals surface area contributed by atoms with Gasteiger partial charge < -0.3 is 14.8 Å². The van der Waals surface area contributed by atoms with Crippen LogP contribution in [-0.2, 0) is 11.3 Å². The van der Waals surface area contributed by atoms with Gasteiger partial charge in [0.2, 0.25) is 0 Å². The zero-order valence-electron chi connectivity index (χ0n) is 12.2. The van der Waals surface area contributed by atoms with Crippen molar-refractivity contribution in [3.8, 4) is 5.75 Å². The van der Waals surface area contributed by atoms with Crippen LogP contribution in [0.15, 0.2) is 22.7 Å². The number of halogens is 1. The molecule has 1 fully saturated rings. The maximum Gasteiger partial charge on any atom is 0.137 e. The number of nitrogens with one attached hydrogen (secondary N) is 1. The van der Waals surface area contributed by atoms with Crippen molar-refractivity contribution < 1.29 is 9.47 Å². The number of ether oxygens (including phenoxy) is 2. The lowest BCUT2D eigenvalue weighted by Gasteiger charge is -2.23. The molecule has 1 saturated heterocycles. The smallest absolute Gasteiger partial charge is 0.137 e. The average Bonchev–Trinajstić information content (AvgIpc) is 2.48. The first kappa shape index (κ1) is 15.8. The predicted octanol–water partition coefficient (Wildman–Crippen LogP) is 3.75. The van der Waals surface area contributed by atoms with Gasteiger partial charge in [0.1, 0.15) is 5.75 Å². The normalized spacial score (nSPS) is 16.3. The molecule has 0 bridgehead atoms. The minimum Gasteiger partial charge on any atom is -0.492 e. The van der Waals surface area contributed by atoms with E-state index in [1.165, 1.54) is 5.56 Å². The van der Waals surface area contributed by atoms with Crippen LogP contribution in [-0.4, -0.2) is 26.4 Å². The van der Waals surface area contributed by atoms with Gasteiger partial charge >= 0.3 is 0 Å². The molecule has 1 aromatic rings. The van der Waals surface area contributed by atoms with Gasteiger partial charge in [0, 0.05) is 25.3 Å². The summed E-state index contributed by atoms with van der Waals surface area (Å²) in [6.07, 6.45) is 3.36. The van der Waals surface area contributed by atoms with E-state index in [9.17, 15) is 0 Å². The molecule has 1 N–H and O–H groups in total. The summed E-state index contributed by atoms with van der Waals surface area (Å²) in [5.41, 5.74) is 1.22. The van der Waals surface area contributed by atoms with E-state index >= 15 is 0 Å². The van der Waals surface area contributed by atoms with Crippen LogP contribution >= 0.6 is 15.9 Å². The van der Waals surface area contributed by atoms with Crippen molar-refractivity contribution >= 4 is 15.9 Å². The van der Waals surface area contributed by atoms with E-state index in [4.69, 9.17) is 9.47 Å². The summed E-state index contributed by atoms with van der Waals surface area (Å²) in [5.74, 6) is 1.61. The first-order valence-electron chi connectivity index (χ1n) is 7.50. The number of hydrogen-bond donors (Lipinski definition) is 1. The molecule has 0 unspecified atom stereocenters. The Bertz CT molecular complexity index is 405. The molecule has 20 heavy (non-hydrogen) atoms. The predicted molar refractivity (Wildman–Crippen MR) is 85.2 cm³/mol. The molecule has 0 saturated carbocycles. The van der Waals surface area contributed by atoms with E-state index in [0.717, 1.165) is 62.4 Å². The first-order valence-corrected chi connectivity index (χ1v) is 8.29. The number of benzene rings is 1. The second-order valence-corrected chi connectivity index (χ2v) is 6.13. The minimum absolute atomic E-state index is 0.618. The molecule has 112 valence electrons. The fourth-order valence-electron chi connectivity index (χ4n) is 2.37. The largest absolute Gasteiger partial charge is 0.492 e. The summed E-state index contributed by atoms with van der Waals surface area (Å²) in [5, 5.41) is 3.44. The Morgan fingerprint density at radius 3 is 2.90 bits per heavy atom. The van der Waals surface area contributed by atoms with E-state index in [2.05, 4.69) is 40.3 Å². The lowest BCUT2D eigenvalue weighted by molar-refractivity contribution is 0.0495. The maximum atomic E-state index is 6.10. The van der Waals surface area contributed by atoms with Crippen molar-refractivity contribution in [1.29, 1.82) is 0 Å². The molecule has 4 heteroatoms. The lowest BCUT2D eigenvalue weighted by Crippen LogP contribution is -2.22.